The lowest BCUT2D eigenvalue weighted by Crippen LogP contribution is -2.70. The van der Waals surface area contributed by atoms with Crippen LogP contribution >= 0.6 is 0 Å². The second-order valence-corrected chi connectivity index (χ2v) is 6.71. The van der Waals surface area contributed by atoms with E-state index in [0.29, 0.717) is 0 Å². The Morgan fingerprint density at radius 3 is 2.26 bits per heavy atom. The summed E-state index contributed by atoms with van der Waals surface area (Å²) in [5.74, 6) is -1.31. The summed E-state index contributed by atoms with van der Waals surface area (Å²) < 4.78 is 29.1. The Labute approximate surface area is 111 Å². The monoisotopic (exact) mass is 272 g/mol. The Bertz CT molecular complexity index is 421. The molecule has 0 aliphatic carbocycles. The molecule has 0 aromatic carbocycles. The maximum atomic E-state index is 9.56. The molecule has 4 aliphatic heterocycles. The highest BCUT2D eigenvalue weighted by Crippen LogP contribution is 2.65. The standard InChI is InChI=1S/C13H20O6/c1-11(2)13(19-11)7-6(5-14)15-10-9(8(7)17-13)16-12(3,4)18-10/h6-10,14H,5H2,1-4H3/t6?,7-,8?,9?,10+,13?/m0/s1. The quantitative estimate of drug-likeness (QED) is 0.696. The summed E-state index contributed by atoms with van der Waals surface area (Å²) in [6.07, 6.45) is -1.21. The highest BCUT2D eigenvalue weighted by Gasteiger charge is 2.82. The number of fused-ring (bicyclic) bond motifs is 4. The van der Waals surface area contributed by atoms with Gasteiger partial charge in [0.15, 0.2) is 12.1 Å². The highest BCUT2D eigenvalue weighted by molar-refractivity contribution is 5.21. The second-order valence-electron chi connectivity index (χ2n) is 6.71. The molecular weight excluding hydrogens is 252 g/mol. The normalized spacial score (nSPS) is 56.4. The predicted octanol–water partition coefficient (Wildman–Crippen LogP) is 0.375. The Morgan fingerprint density at radius 1 is 1.00 bits per heavy atom. The van der Waals surface area contributed by atoms with Gasteiger partial charge >= 0.3 is 0 Å². The molecule has 19 heavy (non-hydrogen) atoms. The molecule has 0 amide bonds. The summed E-state index contributed by atoms with van der Waals surface area (Å²) in [4.78, 5) is 0. The number of aliphatic hydroxyl groups excluding tert-OH is 1. The third kappa shape index (κ3) is 1.42. The van der Waals surface area contributed by atoms with Gasteiger partial charge in [0.1, 0.15) is 17.8 Å². The maximum absolute atomic E-state index is 9.56. The van der Waals surface area contributed by atoms with E-state index in [1.165, 1.54) is 0 Å². The van der Waals surface area contributed by atoms with Crippen molar-refractivity contribution in [2.45, 2.75) is 69.5 Å². The Kier molecular flexibility index (Phi) is 2.18. The molecule has 0 radical (unpaired) electrons. The van der Waals surface area contributed by atoms with Gasteiger partial charge in [-0.15, -0.1) is 0 Å². The first kappa shape index (κ1) is 12.5. The molecule has 0 aromatic heterocycles. The minimum Gasteiger partial charge on any atom is -0.394 e. The number of hydrogen-bond donors (Lipinski definition) is 1. The molecule has 4 heterocycles. The molecule has 6 nitrogen and oxygen atoms in total. The van der Waals surface area contributed by atoms with E-state index in [-0.39, 0.29) is 36.4 Å². The summed E-state index contributed by atoms with van der Waals surface area (Å²) >= 11 is 0. The lowest BCUT2D eigenvalue weighted by atomic mass is 9.75. The summed E-state index contributed by atoms with van der Waals surface area (Å²) in [5, 5.41) is 9.56. The molecule has 4 unspecified atom stereocenters. The van der Waals surface area contributed by atoms with Crippen molar-refractivity contribution in [2.24, 2.45) is 5.92 Å². The Balaban J connectivity index is 1.62. The van der Waals surface area contributed by atoms with E-state index < -0.39 is 17.9 Å². The molecule has 0 aromatic rings. The number of ether oxygens (including phenoxy) is 5. The molecule has 6 heteroatoms. The van der Waals surface area contributed by atoms with Crippen LogP contribution in [0.15, 0.2) is 0 Å². The first-order chi connectivity index (χ1) is 8.80. The van der Waals surface area contributed by atoms with Crippen molar-refractivity contribution in [3.63, 3.8) is 0 Å². The minimum absolute atomic E-state index is 0.00810. The minimum atomic E-state index is -0.684. The molecule has 1 spiro atoms. The van der Waals surface area contributed by atoms with Gasteiger partial charge in [-0.3, -0.25) is 0 Å². The predicted molar refractivity (Wildman–Crippen MR) is 62.0 cm³/mol. The van der Waals surface area contributed by atoms with Crippen molar-refractivity contribution in [3.05, 3.63) is 0 Å². The van der Waals surface area contributed by atoms with Gasteiger partial charge in [0.05, 0.1) is 18.6 Å². The maximum Gasteiger partial charge on any atom is 0.206 e. The Hall–Kier alpha value is -0.240. The number of rotatable bonds is 1. The topological polar surface area (TPSA) is 69.7 Å². The summed E-state index contributed by atoms with van der Waals surface area (Å²) in [6.45, 7) is 7.60. The lowest BCUT2D eigenvalue weighted by molar-refractivity contribution is -0.363. The summed E-state index contributed by atoms with van der Waals surface area (Å²) in [5.41, 5.74) is -0.327. The molecule has 1 N–H and O–H groups in total. The highest BCUT2D eigenvalue weighted by atomic mass is 16.9. The van der Waals surface area contributed by atoms with Gasteiger partial charge in [-0.05, 0) is 27.7 Å². The first-order valence-corrected chi connectivity index (χ1v) is 6.80. The number of hydrogen-bond acceptors (Lipinski definition) is 6. The average Bonchev–Trinajstić information content (AvgIpc) is 2.72. The van der Waals surface area contributed by atoms with Gasteiger partial charge in [-0.25, -0.2) is 0 Å². The van der Waals surface area contributed by atoms with Crippen molar-refractivity contribution in [1.82, 2.24) is 0 Å². The zero-order chi connectivity index (χ0) is 13.6. The summed E-state index contributed by atoms with van der Waals surface area (Å²) in [7, 11) is 0. The molecule has 4 saturated heterocycles. The van der Waals surface area contributed by atoms with Gasteiger partial charge in [0.25, 0.3) is 0 Å². The fourth-order valence-corrected chi connectivity index (χ4v) is 3.71. The Morgan fingerprint density at radius 2 is 1.68 bits per heavy atom. The fraction of sp³-hybridized carbons (Fsp3) is 1.00. The third-order valence-electron chi connectivity index (χ3n) is 4.61. The number of epoxide rings is 1. The van der Waals surface area contributed by atoms with E-state index in [4.69, 9.17) is 23.7 Å². The van der Waals surface area contributed by atoms with Crippen LogP contribution in [-0.2, 0) is 23.7 Å². The van der Waals surface area contributed by atoms with E-state index in [1.807, 2.05) is 27.7 Å². The van der Waals surface area contributed by atoms with Gasteiger partial charge in [0, 0.05) is 0 Å². The molecule has 108 valence electrons. The zero-order valence-corrected chi connectivity index (χ0v) is 11.6. The van der Waals surface area contributed by atoms with Gasteiger partial charge in [-0.2, -0.15) is 0 Å². The molecule has 4 fully saturated rings. The molecule has 0 saturated carbocycles. The van der Waals surface area contributed by atoms with Crippen LogP contribution < -0.4 is 0 Å². The van der Waals surface area contributed by atoms with Crippen LogP contribution in [0.3, 0.4) is 0 Å². The van der Waals surface area contributed by atoms with Crippen LogP contribution in [0.2, 0.25) is 0 Å². The van der Waals surface area contributed by atoms with Gasteiger partial charge in [-0.1, -0.05) is 0 Å². The van der Waals surface area contributed by atoms with Crippen LogP contribution in [-0.4, -0.2) is 53.5 Å². The van der Waals surface area contributed by atoms with E-state index in [2.05, 4.69) is 0 Å². The van der Waals surface area contributed by atoms with Gasteiger partial charge in [0.2, 0.25) is 5.79 Å². The van der Waals surface area contributed by atoms with Crippen molar-refractivity contribution < 1.29 is 28.8 Å². The van der Waals surface area contributed by atoms with Crippen molar-refractivity contribution in [2.75, 3.05) is 6.61 Å². The largest absolute Gasteiger partial charge is 0.394 e. The lowest BCUT2D eigenvalue weighted by Gasteiger charge is -2.53. The summed E-state index contributed by atoms with van der Waals surface area (Å²) in [6, 6.07) is 0. The second kappa shape index (κ2) is 3.32. The van der Waals surface area contributed by atoms with Crippen LogP contribution in [0.1, 0.15) is 27.7 Å². The van der Waals surface area contributed by atoms with E-state index in [0.717, 1.165) is 0 Å². The molecule has 6 atom stereocenters. The van der Waals surface area contributed by atoms with E-state index in [1.54, 1.807) is 0 Å². The van der Waals surface area contributed by atoms with Crippen molar-refractivity contribution >= 4 is 0 Å². The molecule has 0 bridgehead atoms. The van der Waals surface area contributed by atoms with E-state index >= 15 is 0 Å². The fourth-order valence-electron chi connectivity index (χ4n) is 3.71. The molecule has 4 aliphatic rings. The molecule has 4 rings (SSSR count). The third-order valence-corrected chi connectivity index (χ3v) is 4.61. The van der Waals surface area contributed by atoms with E-state index in [9.17, 15) is 5.11 Å². The van der Waals surface area contributed by atoms with Gasteiger partial charge < -0.3 is 28.8 Å². The van der Waals surface area contributed by atoms with Crippen LogP contribution in [0.5, 0.6) is 0 Å². The van der Waals surface area contributed by atoms with Crippen molar-refractivity contribution in [1.29, 1.82) is 0 Å². The zero-order valence-electron chi connectivity index (χ0n) is 11.6. The van der Waals surface area contributed by atoms with Crippen molar-refractivity contribution in [3.8, 4) is 0 Å². The van der Waals surface area contributed by atoms with Crippen LogP contribution in [0.4, 0.5) is 0 Å². The SMILES string of the molecule is CC1(C)OC2C3OC4(OC4(C)C)[C@H]3C(CO)O[C@@H]2O1. The smallest absolute Gasteiger partial charge is 0.206 e. The average molecular weight is 272 g/mol. The van der Waals surface area contributed by atoms with Crippen LogP contribution in [0.25, 0.3) is 0 Å². The number of aliphatic hydroxyl groups is 1. The molecular formula is C13H20O6. The first-order valence-electron chi connectivity index (χ1n) is 6.80. The van der Waals surface area contributed by atoms with Crippen LogP contribution in [0, 0.1) is 5.92 Å².